The van der Waals surface area contributed by atoms with Crippen molar-refractivity contribution >= 4 is 10.8 Å². The number of rotatable bonds is 6. The first-order valence-corrected chi connectivity index (χ1v) is 6.73. The quantitative estimate of drug-likeness (QED) is 0.697. The summed E-state index contributed by atoms with van der Waals surface area (Å²) in [5, 5.41) is 24.6. The van der Waals surface area contributed by atoms with E-state index < -0.39 is 6.10 Å². The fraction of sp³-hybridized carbons (Fsp3) is 0.375. The zero-order valence-electron chi connectivity index (χ0n) is 11.2. The predicted molar refractivity (Wildman–Crippen MR) is 78.1 cm³/mol. The molecule has 2 atom stereocenters. The first kappa shape index (κ1) is 14.0. The zero-order valence-corrected chi connectivity index (χ0v) is 11.2. The summed E-state index contributed by atoms with van der Waals surface area (Å²) in [7, 11) is 0. The van der Waals surface area contributed by atoms with E-state index in [4.69, 9.17) is 5.11 Å². The highest BCUT2D eigenvalue weighted by Crippen LogP contribution is 2.22. The van der Waals surface area contributed by atoms with Crippen LogP contribution in [0, 0.1) is 0 Å². The van der Waals surface area contributed by atoms with Crippen LogP contribution in [0.5, 0.6) is 0 Å². The van der Waals surface area contributed by atoms with E-state index in [9.17, 15) is 5.11 Å². The molecule has 102 valence electrons. The summed E-state index contributed by atoms with van der Waals surface area (Å²) in [6.45, 7) is 2.84. The van der Waals surface area contributed by atoms with E-state index in [2.05, 4.69) is 17.4 Å². The van der Waals surface area contributed by atoms with Gasteiger partial charge >= 0.3 is 0 Å². The van der Waals surface area contributed by atoms with Crippen LogP contribution in [0.2, 0.25) is 0 Å². The number of hydrogen-bond acceptors (Lipinski definition) is 3. The van der Waals surface area contributed by atoms with Gasteiger partial charge < -0.3 is 15.5 Å². The Balaban J connectivity index is 2.09. The predicted octanol–water partition coefficient (Wildman–Crippen LogP) is 2.23. The van der Waals surface area contributed by atoms with Crippen LogP contribution in [-0.4, -0.2) is 29.4 Å². The fourth-order valence-electron chi connectivity index (χ4n) is 2.20. The first-order chi connectivity index (χ1) is 9.22. The molecule has 2 aromatic rings. The first-order valence-electron chi connectivity index (χ1n) is 6.73. The van der Waals surface area contributed by atoms with Gasteiger partial charge in [-0.25, -0.2) is 0 Å². The van der Waals surface area contributed by atoms with Gasteiger partial charge in [-0.1, -0.05) is 36.4 Å². The van der Waals surface area contributed by atoms with Crippen LogP contribution in [-0.2, 0) is 0 Å². The second-order valence-corrected chi connectivity index (χ2v) is 4.87. The molecular formula is C16H21NO2. The summed E-state index contributed by atoms with van der Waals surface area (Å²) in [6.07, 6.45) is 0.165. The summed E-state index contributed by atoms with van der Waals surface area (Å²) >= 11 is 0. The highest BCUT2D eigenvalue weighted by molar-refractivity contribution is 5.83. The van der Waals surface area contributed by atoms with E-state index in [0.717, 1.165) is 10.9 Å². The molecule has 0 aliphatic heterocycles. The van der Waals surface area contributed by atoms with Crippen LogP contribution in [0.3, 0.4) is 0 Å². The molecule has 2 rings (SSSR count). The van der Waals surface area contributed by atoms with Gasteiger partial charge in [-0.15, -0.1) is 0 Å². The third-order valence-corrected chi connectivity index (χ3v) is 3.39. The third-order valence-electron chi connectivity index (χ3n) is 3.39. The Morgan fingerprint density at radius 2 is 1.84 bits per heavy atom. The lowest BCUT2D eigenvalue weighted by Crippen LogP contribution is -2.33. The average molecular weight is 259 g/mol. The molecule has 0 saturated heterocycles. The molecule has 0 aliphatic rings. The van der Waals surface area contributed by atoms with Crippen molar-refractivity contribution in [2.45, 2.75) is 25.5 Å². The molecule has 0 saturated carbocycles. The second kappa shape index (κ2) is 6.66. The molecular weight excluding hydrogens is 238 g/mol. The lowest BCUT2D eigenvalue weighted by Gasteiger charge is -2.21. The largest absolute Gasteiger partial charge is 0.396 e. The molecule has 2 unspecified atom stereocenters. The summed E-state index contributed by atoms with van der Waals surface area (Å²) in [6, 6.07) is 14.1. The van der Waals surface area contributed by atoms with Gasteiger partial charge in [-0.3, -0.25) is 0 Å². The van der Waals surface area contributed by atoms with E-state index in [1.54, 1.807) is 0 Å². The molecule has 0 bridgehead atoms. The van der Waals surface area contributed by atoms with Gasteiger partial charge in [-0.05, 0) is 42.3 Å². The number of nitrogens with one attached hydrogen (secondary N) is 1. The van der Waals surface area contributed by atoms with Gasteiger partial charge in [0.2, 0.25) is 0 Å². The van der Waals surface area contributed by atoms with Crippen LogP contribution in [0.25, 0.3) is 10.8 Å². The number of benzene rings is 2. The van der Waals surface area contributed by atoms with Gasteiger partial charge in [0.1, 0.15) is 0 Å². The summed E-state index contributed by atoms with van der Waals surface area (Å²) in [5.41, 5.74) is 0.919. The molecule has 0 radical (unpaired) electrons. The lowest BCUT2D eigenvalue weighted by atomic mass is 10.00. The molecule has 0 amide bonds. The summed E-state index contributed by atoms with van der Waals surface area (Å²) in [4.78, 5) is 0. The molecule has 0 fully saturated rings. The Kier molecular flexibility index (Phi) is 4.91. The van der Waals surface area contributed by atoms with Crippen molar-refractivity contribution in [1.29, 1.82) is 0 Å². The smallest absolute Gasteiger partial charge is 0.0940 e. The van der Waals surface area contributed by atoms with Crippen LogP contribution < -0.4 is 5.32 Å². The van der Waals surface area contributed by atoms with Gasteiger partial charge in [0.15, 0.2) is 0 Å². The van der Waals surface area contributed by atoms with Gasteiger partial charge in [-0.2, -0.15) is 0 Å². The Labute approximate surface area is 113 Å². The van der Waals surface area contributed by atoms with Crippen molar-refractivity contribution in [3.05, 3.63) is 48.0 Å². The summed E-state index contributed by atoms with van der Waals surface area (Å²) < 4.78 is 0. The molecule has 0 aromatic heterocycles. The molecule has 3 N–H and O–H groups in total. The minimum absolute atomic E-state index is 0.0345. The zero-order chi connectivity index (χ0) is 13.7. The third kappa shape index (κ3) is 3.53. The minimum Gasteiger partial charge on any atom is -0.396 e. The molecule has 0 heterocycles. The molecule has 3 heteroatoms. The second-order valence-electron chi connectivity index (χ2n) is 4.87. The molecule has 0 spiro atoms. The van der Waals surface area contributed by atoms with Gasteiger partial charge in [0, 0.05) is 12.6 Å². The Hall–Kier alpha value is -1.42. The van der Waals surface area contributed by atoms with Crippen molar-refractivity contribution in [3.63, 3.8) is 0 Å². The van der Waals surface area contributed by atoms with Crippen LogP contribution in [0.15, 0.2) is 42.5 Å². The highest BCUT2D eigenvalue weighted by Gasteiger charge is 2.15. The molecule has 2 aromatic carbocycles. The van der Waals surface area contributed by atoms with Crippen molar-refractivity contribution in [1.82, 2.24) is 5.32 Å². The SMILES string of the molecule is CC(NCCCO)C(O)c1ccc2ccccc2c1. The van der Waals surface area contributed by atoms with E-state index >= 15 is 0 Å². The Morgan fingerprint density at radius 1 is 1.11 bits per heavy atom. The Morgan fingerprint density at radius 3 is 2.58 bits per heavy atom. The van der Waals surface area contributed by atoms with Crippen LogP contribution >= 0.6 is 0 Å². The topological polar surface area (TPSA) is 52.5 Å². The monoisotopic (exact) mass is 259 g/mol. The van der Waals surface area contributed by atoms with Crippen LogP contribution in [0.1, 0.15) is 25.0 Å². The van der Waals surface area contributed by atoms with Gasteiger partial charge in [0.05, 0.1) is 6.10 Å². The van der Waals surface area contributed by atoms with E-state index in [0.29, 0.717) is 13.0 Å². The number of aliphatic hydroxyl groups is 2. The maximum Gasteiger partial charge on any atom is 0.0940 e. The number of aliphatic hydroxyl groups excluding tert-OH is 2. The van der Waals surface area contributed by atoms with Crippen molar-refractivity contribution < 1.29 is 10.2 Å². The average Bonchev–Trinajstić information content (AvgIpc) is 2.46. The number of hydrogen-bond donors (Lipinski definition) is 3. The van der Waals surface area contributed by atoms with E-state index in [-0.39, 0.29) is 12.6 Å². The minimum atomic E-state index is -0.539. The molecule has 0 aliphatic carbocycles. The normalized spacial score (nSPS) is 14.5. The van der Waals surface area contributed by atoms with Crippen molar-refractivity contribution in [2.24, 2.45) is 0 Å². The highest BCUT2D eigenvalue weighted by atomic mass is 16.3. The van der Waals surface area contributed by atoms with Crippen molar-refractivity contribution in [3.8, 4) is 0 Å². The molecule has 3 nitrogen and oxygen atoms in total. The number of fused-ring (bicyclic) bond motifs is 1. The van der Waals surface area contributed by atoms with E-state index in [1.807, 2.05) is 37.3 Å². The lowest BCUT2D eigenvalue weighted by molar-refractivity contribution is 0.135. The Bertz CT molecular complexity index is 527. The summed E-state index contributed by atoms with van der Waals surface area (Å²) in [5.74, 6) is 0. The van der Waals surface area contributed by atoms with Crippen molar-refractivity contribution in [2.75, 3.05) is 13.2 Å². The fourth-order valence-corrected chi connectivity index (χ4v) is 2.20. The van der Waals surface area contributed by atoms with Gasteiger partial charge in [0.25, 0.3) is 0 Å². The standard InChI is InChI=1S/C16H21NO2/c1-12(17-9-4-10-18)16(19)15-8-7-13-5-2-3-6-14(13)11-15/h2-3,5-8,11-12,16-19H,4,9-10H2,1H3. The molecule has 19 heavy (non-hydrogen) atoms. The van der Waals surface area contributed by atoms with E-state index in [1.165, 1.54) is 5.39 Å². The van der Waals surface area contributed by atoms with Crippen LogP contribution in [0.4, 0.5) is 0 Å². The maximum atomic E-state index is 10.3. The maximum absolute atomic E-state index is 10.3.